The third-order valence-corrected chi connectivity index (χ3v) is 5.08. The lowest BCUT2D eigenvalue weighted by Crippen LogP contribution is -2.16. The van der Waals surface area contributed by atoms with Crippen LogP contribution in [-0.2, 0) is 10.0 Å². The van der Waals surface area contributed by atoms with Gasteiger partial charge in [0.2, 0.25) is 9.99 Å². The van der Waals surface area contributed by atoms with Crippen molar-refractivity contribution in [3.05, 3.63) is 40.8 Å². The standard InChI is InChI=1S/C12H11FN4O2S2/c1-7-11(17-12(14-7)20-8(2)15-17)21(18,19)16-10-5-3-9(13)4-6-10/h3-6,16H,1-2H3. The van der Waals surface area contributed by atoms with Crippen molar-refractivity contribution >= 4 is 32.0 Å². The van der Waals surface area contributed by atoms with Crippen molar-refractivity contribution in [2.75, 3.05) is 4.72 Å². The number of rotatable bonds is 3. The molecule has 2 heterocycles. The lowest BCUT2D eigenvalue weighted by Gasteiger charge is -2.07. The smallest absolute Gasteiger partial charge is 0.278 e. The zero-order valence-corrected chi connectivity index (χ0v) is 12.8. The van der Waals surface area contributed by atoms with Crippen molar-refractivity contribution in [3.63, 3.8) is 0 Å². The molecule has 9 heteroatoms. The molecule has 0 bridgehead atoms. The highest BCUT2D eigenvalue weighted by Gasteiger charge is 2.25. The molecule has 110 valence electrons. The number of benzene rings is 1. The van der Waals surface area contributed by atoms with Crippen LogP contribution in [0.15, 0.2) is 29.3 Å². The number of hydrogen-bond acceptors (Lipinski definition) is 5. The Morgan fingerprint density at radius 3 is 2.57 bits per heavy atom. The Bertz CT molecular complexity index is 913. The Morgan fingerprint density at radius 2 is 1.90 bits per heavy atom. The van der Waals surface area contributed by atoms with Crippen LogP contribution in [-0.4, -0.2) is 23.0 Å². The van der Waals surface area contributed by atoms with E-state index in [1.807, 2.05) is 0 Å². The van der Waals surface area contributed by atoms with Gasteiger partial charge < -0.3 is 0 Å². The van der Waals surface area contributed by atoms with Gasteiger partial charge >= 0.3 is 0 Å². The second-order valence-electron chi connectivity index (χ2n) is 4.43. The molecule has 0 aliphatic heterocycles. The fourth-order valence-corrected chi connectivity index (χ4v) is 4.13. The molecule has 0 saturated carbocycles. The molecule has 3 rings (SSSR count). The van der Waals surface area contributed by atoms with Gasteiger partial charge in [-0.25, -0.2) is 9.37 Å². The molecular weight excluding hydrogens is 315 g/mol. The zero-order valence-electron chi connectivity index (χ0n) is 11.2. The quantitative estimate of drug-likeness (QED) is 0.801. The molecule has 1 aromatic carbocycles. The first-order valence-electron chi connectivity index (χ1n) is 5.98. The molecular formula is C12H11FN4O2S2. The van der Waals surface area contributed by atoms with Crippen LogP contribution in [0.2, 0.25) is 0 Å². The van der Waals surface area contributed by atoms with Gasteiger partial charge in [0.25, 0.3) is 10.0 Å². The minimum atomic E-state index is -3.85. The lowest BCUT2D eigenvalue weighted by molar-refractivity contribution is 0.592. The third-order valence-electron chi connectivity index (χ3n) is 2.78. The number of nitrogens with zero attached hydrogens (tertiary/aromatic N) is 3. The van der Waals surface area contributed by atoms with E-state index >= 15 is 0 Å². The van der Waals surface area contributed by atoms with Crippen molar-refractivity contribution in [1.82, 2.24) is 14.6 Å². The van der Waals surface area contributed by atoms with Gasteiger partial charge in [-0.1, -0.05) is 11.3 Å². The molecule has 0 aliphatic rings. The molecule has 0 amide bonds. The molecule has 2 aromatic heterocycles. The lowest BCUT2D eigenvalue weighted by atomic mass is 10.3. The monoisotopic (exact) mass is 326 g/mol. The number of aromatic nitrogens is 3. The normalized spacial score (nSPS) is 12.0. The van der Waals surface area contributed by atoms with Crippen LogP contribution < -0.4 is 4.72 Å². The fraction of sp³-hybridized carbons (Fsp3) is 0.167. The summed E-state index contributed by atoms with van der Waals surface area (Å²) in [6.07, 6.45) is 0. The van der Waals surface area contributed by atoms with Gasteiger partial charge in [0.05, 0.1) is 5.69 Å². The Morgan fingerprint density at radius 1 is 1.24 bits per heavy atom. The molecule has 3 aromatic rings. The molecule has 0 atom stereocenters. The van der Waals surface area contributed by atoms with Crippen LogP contribution in [0.25, 0.3) is 4.96 Å². The largest absolute Gasteiger partial charge is 0.281 e. The molecule has 0 unspecified atom stereocenters. The number of sulfonamides is 1. The number of imidazole rings is 1. The van der Waals surface area contributed by atoms with E-state index in [-0.39, 0.29) is 10.7 Å². The summed E-state index contributed by atoms with van der Waals surface area (Å²) in [5, 5.41) is 4.86. The fourth-order valence-electron chi connectivity index (χ4n) is 1.96. The van der Waals surface area contributed by atoms with Gasteiger partial charge in [-0.2, -0.15) is 18.0 Å². The van der Waals surface area contributed by atoms with Crippen LogP contribution in [0, 0.1) is 19.7 Å². The average Bonchev–Trinajstić information content (AvgIpc) is 2.86. The maximum absolute atomic E-state index is 12.9. The maximum atomic E-state index is 12.9. The van der Waals surface area contributed by atoms with Crippen molar-refractivity contribution in [2.45, 2.75) is 18.9 Å². The van der Waals surface area contributed by atoms with Crippen molar-refractivity contribution in [1.29, 1.82) is 0 Å². The number of fused-ring (bicyclic) bond motifs is 1. The van der Waals surface area contributed by atoms with Crippen molar-refractivity contribution < 1.29 is 12.8 Å². The predicted octanol–water partition coefficient (Wildman–Crippen LogP) is 2.35. The van der Waals surface area contributed by atoms with E-state index < -0.39 is 15.8 Å². The van der Waals surface area contributed by atoms with E-state index in [0.29, 0.717) is 10.7 Å². The number of halogens is 1. The number of aryl methyl sites for hydroxylation is 2. The Balaban J connectivity index is 2.07. The highest BCUT2D eigenvalue weighted by molar-refractivity contribution is 7.92. The van der Waals surface area contributed by atoms with Gasteiger partial charge in [-0.3, -0.25) is 4.72 Å². The average molecular weight is 326 g/mol. The first-order chi connectivity index (χ1) is 9.87. The van der Waals surface area contributed by atoms with Crippen LogP contribution >= 0.6 is 11.3 Å². The van der Waals surface area contributed by atoms with Crippen molar-refractivity contribution in [3.8, 4) is 0 Å². The molecule has 0 spiro atoms. The molecule has 0 fully saturated rings. The highest BCUT2D eigenvalue weighted by atomic mass is 32.2. The summed E-state index contributed by atoms with van der Waals surface area (Å²) in [4.78, 5) is 4.71. The van der Waals surface area contributed by atoms with Gasteiger partial charge in [0, 0.05) is 5.69 Å². The summed E-state index contributed by atoms with van der Waals surface area (Å²) in [6.45, 7) is 3.38. The van der Waals surface area contributed by atoms with E-state index in [9.17, 15) is 12.8 Å². The van der Waals surface area contributed by atoms with Crippen LogP contribution in [0.1, 0.15) is 10.7 Å². The highest BCUT2D eigenvalue weighted by Crippen LogP contribution is 2.23. The number of hydrogen-bond donors (Lipinski definition) is 1. The molecule has 0 aliphatic carbocycles. The summed E-state index contributed by atoms with van der Waals surface area (Å²) < 4.78 is 41.6. The molecule has 6 nitrogen and oxygen atoms in total. The van der Waals surface area contributed by atoms with E-state index in [1.54, 1.807) is 13.8 Å². The Hall–Kier alpha value is -2.00. The number of anilines is 1. The summed E-state index contributed by atoms with van der Waals surface area (Å²) in [5.74, 6) is -0.434. The minimum Gasteiger partial charge on any atom is -0.278 e. The van der Waals surface area contributed by atoms with E-state index in [4.69, 9.17) is 0 Å². The first kappa shape index (κ1) is 14.0. The Kier molecular flexibility index (Phi) is 3.18. The summed E-state index contributed by atoms with van der Waals surface area (Å²) >= 11 is 1.31. The van der Waals surface area contributed by atoms with E-state index in [1.165, 1.54) is 40.1 Å². The van der Waals surface area contributed by atoms with Crippen LogP contribution in [0.5, 0.6) is 0 Å². The number of nitrogens with one attached hydrogen (secondary N) is 1. The predicted molar refractivity (Wildman–Crippen MR) is 77.5 cm³/mol. The third kappa shape index (κ3) is 2.49. The zero-order chi connectivity index (χ0) is 15.2. The topological polar surface area (TPSA) is 76.4 Å². The van der Waals surface area contributed by atoms with Gasteiger partial charge in [-0.15, -0.1) is 0 Å². The second-order valence-corrected chi connectivity index (χ2v) is 7.19. The molecule has 1 N–H and O–H groups in total. The minimum absolute atomic E-state index is 0.00817. The first-order valence-corrected chi connectivity index (χ1v) is 8.28. The van der Waals surface area contributed by atoms with Gasteiger partial charge in [-0.05, 0) is 38.1 Å². The Labute approximate surface area is 124 Å². The summed E-state index contributed by atoms with van der Waals surface area (Å²) in [5.41, 5.74) is 0.640. The SMILES string of the molecule is Cc1nn2c(S(=O)(=O)Nc3ccc(F)cc3)c(C)nc2s1. The van der Waals surface area contributed by atoms with E-state index in [0.717, 1.165) is 5.01 Å². The molecule has 21 heavy (non-hydrogen) atoms. The van der Waals surface area contributed by atoms with Crippen molar-refractivity contribution in [2.24, 2.45) is 0 Å². The second kappa shape index (κ2) is 4.78. The molecule has 0 radical (unpaired) electrons. The summed E-state index contributed by atoms with van der Waals surface area (Å²) in [7, 11) is -3.85. The molecule has 0 saturated heterocycles. The van der Waals surface area contributed by atoms with Gasteiger partial charge in [0.15, 0.2) is 0 Å². The van der Waals surface area contributed by atoms with Crippen LogP contribution in [0.4, 0.5) is 10.1 Å². The summed E-state index contributed by atoms with van der Waals surface area (Å²) in [6, 6.07) is 5.08. The maximum Gasteiger partial charge on any atom is 0.281 e. The van der Waals surface area contributed by atoms with Gasteiger partial charge in [0.1, 0.15) is 10.8 Å². The van der Waals surface area contributed by atoms with Crippen LogP contribution in [0.3, 0.4) is 0 Å². The van der Waals surface area contributed by atoms with E-state index in [2.05, 4.69) is 14.8 Å².